The molecule has 1 saturated heterocycles. The molecule has 1 aliphatic rings. The monoisotopic (exact) mass is 429 g/mol. The van der Waals surface area contributed by atoms with Crippen LogP contribution in [-0.2, 0) is 11.8 Å². The Bertz CT molecular complexity index is 892. The highest BCUT2D eigenvalue weighted by atomic mass is 79.9. The van der Waals surface area contributed by atoms with E-state index in [9.17, 15) is 0 Å². The van der Waals surface area contributed by atoms with Gasteiger partial charge in [0.15, 0.2) is 4.90 Å². The van der Waals surface area contributed by atoms with Crippen molar-refractivity contribution in [3.05, 3.63) is 59.2 Å². The van der Waals surface area contributed by atoms with E-state index in [0.29, 0.717) is 0 Å². The Balaban J connectivity index is 1.44. The van der Waals surface area contributed by atoms with E-state index in [1.54, 1.807) is 0 Å². The summed E-state index contributed by atoms with van der Waals surface area (Å²) in [5.74, 6) is 0.981. The van der Waals surface area contributed by atoms with E-state index in [-0.39, 0.29) is 6.10 Å². The number of aromatic nitrogens is 1. The second-order valence-corrected chi connectivity index (χ2v) is 8.39. The highest BCUT2D eigenvalue weighted by molar-refractivity contribution is 9.10. The van der Waals surface area contributed by atoms with Gasteiger partial charge in [-0.15, -0.1) is 0 Å². The summed E-state index contributed by atoms with van der Waals surface area (Å²) in [7, 11) is 0. The molecule has 1 fully saturated rings. The summed E-state index contributed by atoms with van der Waals surface area (Å²) < 4.78 is 7.29. The average Bonchev–Trinajstić information content (AvgIpc) is 2.69. The van der Waals surface area contributed by atoms with Gasteiger partial charge >= 0.3 is 0 Å². The van der Waals surface area contributed by atoms with Crippen molar-refractivity contribution >= 4 is 44.3 Å². The smallest absolute Gasteiger partial charge is 0.152 e. The SMILES string of the molecule is C[SH+]c1ccc(OC2CCN(c3ccnc4ccc(Br)cc34)CC2)cc1. The van der Waals surface area contributed by atoms with E-state index in [0.717, 1.165) is 41.7 Å². The number of benzene rings is 2. The van der Waals surface area contributed by atoms with E-state index >= 15 is 0 Å². The van der Waals surface area contributed by atoms with Gasteiger partial charge in [0.1, 0.15) is 18.1 Å². The zero-order valence-electron chi connectivity index (χ0n) is 14.7. The molecule has 4 rings (SSSR count). The van der Waals surface area contributed by atoms with Gasteiger partial charge in [0.2, 0.25) is 0 Å². The summed E-state index contributed by atoms with van der Waals surface area (Å²) in [5, 5.41) is 1.20. The third-order valence-electron chi connectivity index (χ3n) is 4.86. The van der Waals surface area contributed by atoms with Crippen LogP contribution >= 0.6 is 15.9 Å². The number of piperidine rings is 1. The Labute approximate surface area is 166 Å². The molecule has 0 spiro atoms. The summed E-state index contributed by atoms with van der Waals surface area (Å²) in [6.45, 7) is 2.00. The molecule has 0 aliphatic carbocycles. The highest BCUT2D eigenvalue weighted by Crippen LogP contribution is 2.30. The first-order chi connectivity index (χ1) is 12.7. The molecule has 2 aromatic carbocycles. The minimum atomic E-state index is 0.288. The largest absolute Gasteiger partial charge is 0.490 e. The van der Waals surface area contributed by atoms with Crippen LogP contribution in [0.3, 0.4) is 0 Å². The quantitative estimate of drug-likeness (QED) is 0.437. The topological polar surface area (TPSA) is 25.4 Å². The normalized spacial score (nSPS) is 15.4. The van der Waals surface area contributed by atoms with E-state index < -0.39 is 0 Å². The Morgan fingerprint density at radius 3 is 2.58 bits per heavy atom. The van der Waals surface area contributed by atoms with Crippen molar-refractivity contribution in [3.8, 4) is 5.75 Å². The van der Waals surface area contributed by atoms with Gasteiger partial charge in [-0.3, -0.25) is 4.98 Å². The van der Waals surface area contributed by atoms with E-state index in [2.05, 4.69) is 74.5 Å². The number of pyridine rings is 1. The van der Waals surface area contributed by atoms with Crippen molar-refractivity contribution < 1.29 is 4.74 Å². The van der Waals surface area contributed by atoms with Crippen LogP contribution in [0.25, 0.3) is 10.9 Å². The lowest BCUT2D eigenvalue weighted by Gasteiger charge is -2.34. The molecule has 5 heteroatoms. The first-order valence-electron chi connectivity index (χ1n) is 8.89. The number of fused-ring (bicyclic) bond motifs is 1. The summed E-state index contributed by atoms with van der Waals surface area (Å²) in [5.41, 5.74) is 2.31. The maximum Gasteiger partial charge on any atom is 0.152 e. The van der Waals surface area contributed by atoms with Crippen LogP contribution < -0.4 is 9.64 Å². The molecule has 1 aliphatic heterocycles. The maximum absolute atomic E-state index is 6.20. The number of nitrogens with zero attached hydrogens (tertiary/aromatic N) is 2. The van der Waals surface area contributed by atoms with Crippen LogP contribution in [-0.4, -0.2) is 30.4 Å². The Morgan fingerprint density at radius 2 is 1.85 bits per heavy atom. The number of hydrogen-bond acceptors (Lipinski definition) is 3. The lowest BCUT2D eigenvalue weighted by atomic mass is 10.1. The zero-order valence-corrected chi connectivity index (χ0v) is 17.2. The first-order valence-corrected chi connectivity index (χ1v) is 11.0. The van der Waals surface area contributed by atoms with Gasteiger partial charge in [0.05, 0.1) is 5.52 Å². The summed E-state index contributed by atoms with van der Waals surface area (Å²) in [6.07, 6.45) is 6.41. The molecule has 26 heavy (non-hydrogen) atoms. The molecule has 3 nitrogen and oxygen atoms in total. The van der Waals surface area contributed by atoms with Crippen LogP contribution in [0, 0.1) is 0 Å². The molecule has 134 valence electrons. The van der Waals surface area contributed by atoms with Gasteiger partial charge in [-0.2, -0.15) is 0 Å². The minimum Gasteiger partial charge on any atom is -0.490 e. The molecule has 2 heterocycles. The Hall–Kier alpha value is -1.72. The minimum absolute atomic E-state index is 0.288. The predicted molar refractivity (Wildman–Crippen MR) is 115 cm³/mol. The van der Waals surface area contributed by atoms with Crippen LogP contribution in [0.2, 0.25) is 0 Å². The van der Waals surface area contributed by atoms with Gasteiger partial charge in [-0.25, -0.2) is 0 Å². The number of halogens is 1. The Kier molecular flexibility index (Phi) is 5.36. The van der Waals surface area contributed by atoms with Crippen LogP contribution in [0.15, 0.2) is 64.1 Å². The van der Waals surface area contributed by atoms with E-state index in [4.69, 9.17) is 4.74 Å². The number of hydrogen-bond donors (Lipinski definition) is 0. The maximum atomic E-state index is 6.20. The van der Waals surface area contributed by atoms with Crippen molar-refractivity contribution in [1.82, 2.24) is 4.98 Å². The summed E-state index contributed by atoms with van der Waals surface area (Å²) in [6, 6.07) is 16.9. The third-order valence-corrected chi connectivity index (χ3v) is 6.17. The van der Waals surface area contributed by atoms with Crippen molar-refractivity contribution in [1.29, 1.82) is 0 Å². The molecule has 1 aromatic heterocycles. The van der Waals surface area contributed by atoms with Crippen LogP contribution in [0.5, 0.6) is 5.75 Å². The molecule has 0 unspecified atom stereocenters. The van der Waals surface area contributed by atoms with E-state index in [1.165, 1.54) is 27.7 Å². The molecule has 0 radical (unpaired) electrons. The van der Waals surface area contributed by atoms with Gasteiger partial charge in [0.25, 0.3) is 0 Å². The molecule has 0 amide bonds. The van der Waals surface area contributed by atoms with Crippen molar-refractivity contribution in [2.24, 2.45) is 0 Å². The predicted octanol–water partition coefficient (Wildman–Crippen LogP) is 4.85. The fourth-order valence-electron chi connectivity index (χ4n) is 3.46. The van der Waals surface area contributed by atoms with Gasteiger partial charge < -0.3 is 9.64 Å². The number of ether oxygens (including phenoxy) is 1. The molecule has 0 saturated carbocycles. The fraction of sp³-hybridized carbons (Fsp3) is 0.286. The fourth-order valence-corrected chi connectivity index (χ4v) is 4.27. The van der Waals surface area contributed by atoms with E-state index in [1.807, 2.05) is 12.3 Å². The molecule has 0 N–H and O–H groups in total. The van der Waals surface area contributed by atoms with Crippen molar-refractivity contribution in [2.75, 3.05) is 24.2 Å². The zero-order chi connectivity index (χ0) is 17.9. The van der Waals surface area contributed by atoms with Crippen molar-refractivity contribution in [3.63, 3.8) is 0 Å². The molecular weight excluding hydrogens is 408 g/mol. The van der Waals surface area contributed by atoms with Gasteiger partial charge in [0, 0.05) is 59.4 Å². The number of anilines is 1. The van der Waals surface area contributed by atoms with Crippen molar-refractivity contribution in [2.45, 2.75) is 23.8 Å². The lowest BCUT2D eigenvalue weighted by Crippen LogP contribution is -2.38. The summed E-state index contributed by atoms with van der Waals surface area (Å²) >= 11 is 4.87. The lowest BCUT2D eigenvalue weighted by molar-refractivity contribution is 0.171. The standard InChI is InChI=1S/C21H21BrN2OS/c1-26-18-5-3-16(4-6-18)25-17-9-12-24(13-10-17)21-8-11-23-20-7-2-15(22)14-19(20)21/h2-8,11,14,17H,9-10,12-13H2,1H3/p+1. The molecule has 0 atom stereocenters. The van der Waals surface area contributed by atoms with Crippen LogP contribution in [0.4, 0.5) is 5.69 Å². The Morgan fingerprint density at radius 1 is 1.08 bits per heavy atom. The third kappa shape index (κ3) is 3.84. The molecule has 3 aromatic rings. The number of thiol groups is 1. The highest BCUT2D eigenvalue weighted by Gasteiger charge is 2.22. The summed E-state index contributed by atoms with van der Waals surface area (Å²) in [4.78, 5) is 8.27. The van der Waals surface area contributed by atoms with Crippen LogP contribution in [0.1, 0.15) is 12.8 Å². The van der Waals surface area contributed by atoms with Gasteiger partial charge in [-0.1, -0.05) is 15.9 Å². The molecule has 0 bridgehead atoms. The second kappa shape index (κ2) is 7.89. The average molecular weight is 430 g/mol. The first kappa shape index (κ1) is 17.7. The number of rotatable bonds is 4. The van der Waals surface area contributed by atoms with Gasteiger partial charge in [-0.05, 0) is 48.5 Å². The second-order valence-electron chi connectivity index (χ2n) is 6.51. The molecular formula is C21H22BrN2OS+.